The molecule has 3 aromatic rings. The van der Waals surface area contributed by atoms with Crippen molar-refractivity contribution in [1.29, 1.82) is 0 Å². The molecule has 1 amide bonds. The number of benzene rings is 3. The molecule has 9 heteroatoms. The molecule has 3 aromatic carbocycles. The van der Waals surface area contributed by atoms with Gasteiger partial charge in [-0.05, 0) is 42.0 Å². The molecule has 0 saturated heterocycles. The van der Waals surface area contributed by atoms with E-state index in [0.717, 1.165) is 11.1 Å². The van der Waals surface area contributed by atoms with E-state index in [-0.39, 0.29) is 12.1 Å². The third-order valence-electron chi connectivity index (χ3n) is 4.23. The van der Waals surface area contributed by atoms with Gasteiger partial charge in [-0.2, -0.15) is 5.10 Å². The van der Waals surface area contributed by atoms with Gasteiger partial charge in [0.15, 0.2) is 0 Å². The molecular formula is C22H17Cl2N3O4. The molecule has 7 nitrogen and oxygen atoms in total. The van der Waals surface area contributed by atoms with Gasteiger partial charge in [0.1, 0.15) is 12.4 Å². The molecular weight excluding hydrogens is 441 g/mol. The van der Waals surface area contributed by atoms with Crippen LogP contribution in [0.25, 0.3) is 0 Å². The van der Waals surface area contributed by atoms with Crippen molar-refractivity contribution in [2.24, 2.45) is 5.10 Å². The number of carbonyl (C=O) groups excluding carboxylic acids is 1. The molecule has 0 radical (unpaired) electrons. The maximum Gasteiger partial charge on any atom is 0.273 e. The highest BCUT2D eigenvalue weighted by Crippen LogP contribution is 2.23. The predicted octanol–water partition coefficient (Wildman–Crippen LogP) is 5.17. The molecule has 0 aliphatic heterocycles. The molecule has 0 aromatic heterocycles. The first kappa shape index (κ1) is 22.3. The lowest BCUT2D eigenvalue weighted by Crippen LogP contribution is -2.20. The quantitative estimate of drug-likeness (QED) is 0.286. The molecule has 1 N–H and O–H groups in total. The molecule has 0 bridgehead atoms. The minimum Gasteiger partial charge on any atom is -0.489 e. The summed E-state index contributed by atoms with van der Waals surface area (Å²) in [7, 11) is 0. The van der Waals surface area contributed by atoms with Gasteiger partial charge in [-0.15, -0.1) is 0 Å². The van der Waals surface area contributed by atoms with Gasteiger partial charge in [-0.3, -0.25) is 14.9 Å². The first-order valence-corrected chi connectivity index (χ1v) is 9.89. The van der Waals surface area contributed by atoms with Crippen molar-refractivity contribution in [2.45, 2.75) is 13.0 Å². The highest BCUT2D eigenvalue weighted by atomic mass is 35.5. The zero-order valence-electron chi connectivity index (χ0n) is 16.1. The Morgan fingerprint density at radius 1 is 1.06 bits per heavy atom. The van der Waals surface area contributed by atoms with Crippen LogP contribution in [0.3, 0.4) is 0 Å². The summed E-state index contributed by atoms with van der Waals surface area (Å²) in [6.07, 6.45) is 1.33. The van der Waals surface area contributed by atoms with Crippen molar-refractivity contribution in [3.8, 4) is 5.75 Å². The van der Waals surface area contributed by atoms with Crippen LogP contribution in [-0.2, 0) is 17.8 Å². The fraction of sp³-hybridized carbons (Fsp3) is 0.0909. The monoisotopic (exact) mass is 457 g/mol. The Morgan fingerprint density at radius 2 is 1.81 bits per heavy atom. The van der Waals surface area contributed by atoms with Crippen LogP contribution in [-0.4, -0.2) is 17.0 Å². The molecule has 0 unspecified atom stereocenters. The molecule has 31 heavy (non-hydrogen) atoms. The standard InChI is InChI=1S/C22H17Cl2N3O4/c23-18-8-7-17(20(24)12-18)14-31-19-9-5-15(6-10-19)13-25-26-22(28)11-16-3-1-2-4-21(16)27(29)30/h1-10,12-13H,11,14H2,(H,26,28). The molecule has 0 heterocycles. The number of rotatable bonds is 8. The Hall–Kier alpha value is -3.42. The van der Waals surface area contributed by atoms with Gasteiger partial charge < -0.3 is 4.74 Å². The molecule has 3 rings (SSSR count). The van der Waals surface area contributed by atoms with E-state index >= 15 is 0 Å². The van der Waals surface area contributed by atoms with E-state index in [1.807, 2.05) is 0 Å². The number of hydrogen-bond acceptors (Lipinski definition) is 5. The Labute approximate surface area is 188 Å². The van der Waals surface area contributed by atoms with Gasteiger partial charge in [0.25, 0.3) is 5.69 Å². The van der Waals surface area contributed by atoms with Crippen LogP contribution in [0, 0.1) is 10.1 Å². The maximum absolute atomic E-state index is 12.0. The van der Waals surface area contributed by atoms with Crippen LogP contribution < -0.4 is 10.2 Å². The Kier molecular flexibility index (Phi) is 7.59. The zero-order valence-corrected chi connectivity index (χ0v) is 17.6. The van der Waals surface area contributed by atoms with Crippen molar-refractivity contribution in [1.82, 2.24) is 5.43 Å². The van der Waals surface area contributed by atoms with Crippen molar-refractivity contribution in [3.63, 3.8) is 0 Å². The second-order valence-corrected chi connectivity index (χ2v) is 7.29. The van der Waals surface area contributed by atoms with Crippen LogP contribution in [0.15, 0.2) is 71.8 Å². The molecule has 0 fully saturated rings. The number of halogens is 2. The number of para-hydroxylation sites is 1. The highest BCUT2D eigenvalue weighted by molar-refractivity contribution is 6.35. The van der Waals surface area contributed by atoms with E-state index in [1.165, 1.54) is 18.3 Å². The van der Waals surface area contributed by atoms with Gasteiger partial charge >= 0.3 is 0 Å². The number of nitro groups is 1. The van der Waals surface area contributed by atoms with E-state index in [9.17, 15) is 14.9 Å². The van der Waals surface area contributed by atoms with Crippen molar-refractivity contribution < 1.29 is 14.5 Å². The maximum atomic E-state index is 12.0. The molecule has 0 aliphatic rings. The van der Waals surface area contributed by atoms with Gasteiger partial charge in [-0.1, -0.05) is 47.5 Å². The van der Waals surface area contributed by atoms with Crippen molar-refractivity contribution in [3.05, 3.63) is 104 Å². The summed E-state index contributed by atoms with van der Waals surface area (Å²) < 4.78 is 5.71. The molecule has 158 valence electrons. The third-order valence-corrected chi connectivity index (χ3v) is 4.82. The molecule has 0 spiro atoms. The number of amides is 1. The van der Waals surface area contributed by atoms with Crippen molar-refractivity contribution in [2.75, 3.05) is 0 Å². The summed E-state index contributed by atoms with van der Waals surface area (Å²) in [4.78, 5) is 22.5. The highest BCUT2D eigenvalue weighted by Gasteiger charge is 2.15. The topological polar surface area (TPSA) is 93.8 Å². The first-order valence-electron chi connectivity index (χ1n) is 9.13. The Balaban J connectivity index is 1.51. The Morgan fingerprint density at radius 3 is 2.52 bits per heavy atom. The molecule has 0 saturated carbocycles. The fourth-order valence-electron chi connectivity index (χ4n) is 2.68. The molecule has 0 atom stereocenters. The van der Waals surface area contributed by atoms with Crippen LogP contribution in [0.5, 0.6) is 5.75 Å². The number of carbonyl (C=O) groups is 1. The summed E-state index contributed by atoms with van der Waals surface area (Å²) in [5.41, 5.74) is 4.15. The SMILES string of the molecule is O=C(Cc1ccccc1[N+](=O)[O-])NN=Cc1ccc(OCc2ccc(Cl)cc2Cl)cc1. The number of hydrogen-bond donors (Lipinski definition) is 1. The van der Waals surface area contributed by atoms with Gasteiger partial charge in [0, 0.05) is 27.2 Å². The van der Waals surface area contributed by atoms with Crippen LogP contribution in [0.2, 0.25) is 10.0 Å². The number of nitrogens with zero attached hydrogens (tertiary/aromatic N) is 2. The third kappa shape index (κ3) is 6.53. The number of nitrogens with one attached hydrogen (secondary N) is 1. The lowest BCUT2D eigenvalue weighted by molar-refractivity contribution is -0.385. The largest absolute Gasteiger partial charge is 0.489 e. The van der Waals surface area contributed by atoms with E-state index in [4.69, 9.17) is 27.9 Å². The van der Waals surface area contributed by atoms with Gasteiger partial charge in [-0.25, -0.2) is 5.43 Å². The fourth-order valence-corrected chi connectivity index (χ4v) is 3.14. The predicted molar refractivity (Wildman–Crippen MR) is 120 cm³/mol. The number of nitro benzene ring substituents is 1. The summed E-state index contributed by atoms with van der Waals surface area (Å²) in [5, 5.41) is 16.0. The zero-order chi connectivity index (χ0) is 22.2. The van der Waals surface area contributed by atoms with Gasteiger partial charge in [0.05, 0.1) is 17.6 Å². The smallest absolute Gasteiger partial charge is 0.273 e. The van der Waals surface area contributed by atoms with Crippen molar-refractivity contribution >= 4 is 41.0 Å². The van der Waals surface area contributed by atoms with Crippen LogP contribution in [0.1, 0.15) is 16.7 Å². The average molecular weight is 458 g/mol. The minimum absolute atomic E-state index is 0.0999. The number of hydrazone groups is 1. The van der Waals surface area contributed by atoms with Crippen LogP contribution in [0.4, 0.5) is 5.69 Å². The van der Waals surface area contributed by atoms with E-state index in [1.54, 1.807) is 54.6 Å². The summed E-state index contributed by atoms with van der Waals surface area (Å²) in [5.74, 6) is 0.189. The summed E-state index contributed by atoms with van der Waals surface area (Å²) in [6.45, 7) is 0.297. The normalized spacial score (nSPS) is 10.8. The second-order valence-electron chi connectivity index (χ2n) is 6.45. The minimum atomic E-state index is -0.517. The molecule has 0 aliphatic carbocycles. The lowest BCUT2D eigenvalue weighted by Gasteiger charge is -2.08. The van der Waals surface area contributed by atoms with E-state index in [0.29, 0.717) is 28.0 Å². The van der Waals surface area contributed by atoms with Crippen LogP contribution >= 0.6 is 23.2 Å². The van der Waals surface area contributed by atoms with Gasteiger partial charge in [0.2, 0.25) is 5.91 Å². The summed E-state index contributed by atoms with van der Waals surface area (Å²) >= 11 is 12.0. The first-order chi connectivity index (χ1) is 14.9. The van der Waals surface area contributed by atoms with E-state index < -0.39 is 10.8 Å². The Bertz CT molecular complexity index is 1120. The second kappa shape index (κ2) is 10.6. The summed E-state index contributed by atoms with van der Waals surface area (Å²) in [6, 6.07) is 18.4. The lowest BCUT2D eigenvalue weighted by atomic mass is 10.1. The number of ether oxygens (including phenoxy) is 1. The average Bonchev–Trinajstić information content (AvgIpc) is 2.74. The van der Waals surface area contributed by atoms with E-state index in [2.05, 4.69) is 10.5 Å².